The Kier molecular flexibility index (Phi) is 6.78. The van der Waals surface area contributed by atoms with Gasteiger partial charge in [-0.1, -0.05) is 24.8 Å². The Hall–Kier alpha value is -1.83. The Morgan fingerprint density at radius 2 is 2.25 bits per heavy atom. The Morgan fingerprint density at radius 3 is 2.90 bits per heavy atom. The quantitative estimate of drug-likeness (QED) is 0.796. The number of benzene rings is 1. The van der Waals surface area contributed by atoms with E-state index in [1.165, 1.54) is 0 Å². The number of hydrogen-bond donors (Lipinski definition) is 2. The van der Waals surface area contributed by atoms with Crippen LogP contribution in [0, 0.1) is 24.7 Å². The molecular formula is C16H22N2O2. The fourth-order valence-electron chi connectivity index (χ4n) is 1.76. The number of carbonyl (C=O) groups is 1. The van der Waals surface area contributed by atoms with E-state index in [0.717, 1.165) is 11.1 Å². The molecule has 0 aromatic heterocycles. The van der Waals surface area contributed by atoms with Gasteiger partial charge in [-0.15, -0.1) is 0 Å². The molecule has 1 rings (SSSR count). The highest BCUT2D eigenvalue weighted by Gasteiger charge is 2.09. The summed E-state index contributed by atoms with van der Waals surface area (Å²) in [6.45, 7) is 5.51. The van der Waals surface area contributed by atoms with E-state index in [2.05, 4.69) is 17.2 Å². The average Bonchev–Trinajstić information content (AvgIpc) is 2.44. The molecule has 1 aromatic rings. The Bertz CT molecular complexity index is 515. The van der Waals surface area contributed by atoms with Gasteiger partial charge in [0.25, 0.3) is 5.91 Å². The summed E-state index contributed by atoms with van der Waals surface area (Å²) in [4.78, 5) is 12.1. The fraction of sp³-hybridized carbons (Fsp3) is 0.438. The van der Waals surface area contributed by atoms with Gasteiger partial charge in [-0.2, -0.15) is 0 Å². The van der Waals surface area contributed by atoms with E-state index in [-0.39, 0.29) is 11.8 Å². The second kappa shape index (κ2) is 8.36. The van der Waals surface area contributed by atoms with Gasteiger partial charge in [0.05, 0.1) is 13.2 Å². The molecule has 1 amide bonds. The molecule has 1 atom stereocenters. The molecule has 1 aromatic carbocycles. The Labute approximate surface area is 120 Å². The Morgan fingerprint density at radius 1 is 1.50 bits per heavy atom. The SMILES string of the molecule is COCC(C)CNC(=O)c1ccc(C)c(C#CCN)c1. The number of amides is 1. The summed E-state index contributed by atoms with van der Waals surface area (Å²) in [6, 6.07) is 5.50. The van der Waals surface area contributed by atoms with Crippen molar-refractivity contribution in [2.24, 2.45) is 11.7 Å². The van der Waals surface area contributed by atoms with E-state index >= 15 is 0 Å². The van der Waals surface area contributed by atoms with Crippen LogP contribution in [0.3, 0.4) is 0 Å². The maximum atomic E-state index is 12.1. The van der Waals surface area contributed by atoms with Gasteiger partial charge in [0.2, 0.25) is 0 Å². The number of aryl methyl sites for hydroxylation is 1. The fourth-order valence-corrected chi connectivity index (χ4v) is 1.76. The van der Waals surface area contributed by atoms with Crippen LogP contribution in [0.25, 0.3) is 0 Å². The first-order valence-electron chi connectivity index (χ1n) is 6.65. The minimum absolute atomic E-state index is 0.0937. The maximum absolute atomic E-state index is 12.1. The van der Waals surface area contributed by atoms with Crippen molar-refractivity contribution in [3.63, 3.8) is 0 Å². The molecule has 0 aliphatic carbocycles. The molecule has 0 spiro atoms. The van der Waals surface area contributed by atoms with E-state index in [1.54, 1.807) is 19.2 Å². The van der Waals surface area contributed by atoms with Crippen molar-refractivity contribution in [3.05, 3.63) is 34.9 Å². The molecule has 0 saturated carbocycles. The summed E-state index contributed by atoms with van der Waals surface area (Å²) in [5.41, 5.74) is 7.86. The molecule has 0 bridgehead atoms. The van der Waals surface area contributed by atoms with Crippen molar-refractivity contribution >= 4 is 5.91 Å². The predicted molar refractivity (Wildman–Crippen MR) is 80.5 cm³/mol. The lowest BCUT2D eigenvalue weighted by Gasteiger charge is -2.12. The molecule has 0 aliphatic rings. The van der Waals surface area contributed by atoms with Crippen LogP contribution in [0.1, 0.15) is 28.4 Å². The third kappa shape index (κ3) is 5.04. The molecular weight excluding hydrogens is 252 g/mol. The number of ether oxygens (including phenoxy) is 1. The Balaban J connectivity index is 2.73. The van der Waals surface area contributed by atoms with E-state index in [0.29, 0.717) is 25.3 Å². The number of carbonyl (C=O) groups excluding carboxylic acids is 1. The molecule has 4 nitrogen and oxygen atoms in total. The lowest BCUT2D eigenvalue weighted by molar-refractivity contribution is 0.0934. The van der Waals surface area contributed by atoms with E-state index in [9.17, 15) is 4.79 Å². The topological polar surface area (TPSA) is 64.3 Å². The van der Waals surface area contributed by atoms with E-state index in [1.807, 2.05) is 19.9 Å². The number of rotatable bonds is 5. The second-order valence-electron chi connectivity index (χ2n) is 4.81. The molecule has 3 N–H and O–H groups in total. The van der Waals surface area contributed by atoms with Crippen molar-refractivity contribution in [1.29, 1.82) is 0 Å². The molecule has 0 aliphatic heterocycles. The third-order valence-corrected chi connectivity index (χ3v) is 2.89. The zero-order valence-electron chi connectivity index (χ0n) is 12.3. The summed E-state index contributed by atoms with van der Waals surface area (Å²) >= 11 is 0. The molecule has 0 radical (unpaired) electrons. The van der Waals surface area contributed by atoms with Crippen LogP contribution in [-0.2, 0) is 4.74 Å². The summed E-state index contributed by atoms with van der Waals surface area (Å²) < 4.78 is 5.04. The predicted octanol–water partition coefficient (Wildman–Crippen LogP) is 1.32. The minimum atomic E-state index is -0.0937. The third-order valence-electron chi connectivity index (χ3n) is 2.89. The molecule has 0 fully saturated rings. The van der Waals surface area contributed by atoms with Crippen LogP contribution in [0.2, 0.25) is 0 Å². The molecule has 20 heavy (non-hydrogen) atoms. The largest absolute Gasteiger partial charge is 0.384 e. The highest BCUT2D eigenvalue weighted by Crippen LogP contribution is 2.10. The lowest BCUT2D eigenvalue weighted by Crippen LogP contribution is -2.29. The van der Waals surface area contributed by atoms with Gasteiger partial charge < -0.3 is 15.8 Å². The normalized spacial score (nSPS) is 11.4. The number of methoxy groups -OCH3 is 1. The van der Waals surface area contributed by atoms with E-state index < -0.39 is 0 Å². The van der Waals surface area contributed by atoms with Crippen molar-refractivity contribution < 1.29 is 9.53 Å². The second-order valence-corrected chi connectivity index (χ2v) is 4.81. The monoisotopic (exact) mass is 274 g/mol. The molecule has 0 heterocycles. The van der Waals surface area contributed by atoms with Crippen molar-refractivity contribution in [3.8, 4) is 11.8 Å². The zero-order valence-corrected chi connectivity index (χ0v) is 12.3. The van der Waals surface area contributed by atoms with Gasteiger partial charge in [-0.05, 0) is 30.5 Å². The van der Waals surface area contributed by atoms with Crippen LogP contribution in [0.15, 0.2) is 18.2 Å². The van der Waals surface area contributed by atoms with Gasteiger partial charge in [0, 0.05) is 24.8 Å². The first-order chi connectivity index (χ1) is 9.58. The van der Waals surface area contributed by atoms with Crippen LogP contribution in [-0.4, -0.2) is 32.7 Å². The standard InChI is InChI=1S/C16H22N2O2/c1-12(11-20-3)10-18-16(19)15-7-6-13(2)14(9-15)5-4-8-17/h6-7,9,12H,8,10-11,17H2,1-3H3,(H,18,19). The number of nitrogens with two attached hydrogens (primary N) is 1. The summed E-state index contributed by atoms with van der Waals surface area (Å²) in [5, 5.41) is 2.89. The van der Waals surface area contributed by atoms with Crippen LogP contribution < -0.4 is 11.1 Å². The first-order valence-corrected chi connectivity index (χ1v) is 6.65. The van der Waals surface area contributed by atoms with Gasteiger partial charge in [-0.25, -0.2) is 0 Å². The molecule has 108 valence electrons. The smallest absolute Gasteiger partial charge is 0.251 e. The van der Waals surface area contributed by atoms with Crippen molar-refractivity contribution in [1.82, 2.24) is 5.32 Å². The summed E-state index contributed by atoms with van der Waals surface area (Å²) in [7, 11) is 1.65. The van der Waals surface area contributed by atoms with Gasteiger partial charge in [0.1, 0.15) is 0 Å². The zero-order chi connectivity index (χ0) is 15.0. The molecule has 1 unspecified atom stereocenters. The molecule has 4 heteroatoms. The van der Waals surface area contributed by atoms with Gasteiger partial charge >= 0.3 is 0 Å². The average molecular weight is 274 g/mol. The minimum Gasteiger partial charge on any atom is -0.384 e. The number of nitrogens with one attached hydrogen (secondary N) is 1. The van der Waals surface area contributed by atoms with Gasteiger partial charge in [-0.3, -0.25) is 4.79 Å². The van der Waals surface area contributed by atoms with Crippen molar-refractivity contribution in [2.75, 3.05) is 26.8 Å². The first kappa shape index (κ1) is 16.2. The van der Waals surface area contributed by atoms with Crippen LogP contribution in [0.4, 0.5) is 0 Å². The number of hydrogen-bond acceptors (Lipinski definition) is 3. The summed E-state index contributed by atoms with van der Waals surface area (Å²) in [6.07, 6.45) is 0. The lowest BCUT2D eigenvalue weighted by atomic mass is 10.0. The van der Waals surface area contributed by atoms with Gasteiger partial charge in [0.15, 0.2) is 0 Å². The highest BCUT2D eigenvalue weighted by molar-refractivity contribution is 5.94. The van der Waals surface area contributed by atoms with Crippen LogP contribution in [0.5, 0.6) is 0 Å². The maximum Gasteiger partial charge on any atom is 0.251 e. The highest BCUT2D eigenvalue weighted by atomic mass is 16.5. The van der Waals surface area contributed by atoms with E-state index in [4.69, 9.17) is 10.5 Å². The van der Waals surface area contributed by atoms with Crippen LogP contribution >= 0.6 is 0 Å². The molecule has 0 saturated heterocycles. The van der Waals surface area contributed by atoms with Crippen molar-refractivity contribution in [2.45, 2.75) is 13.8 Å². The summed E-state index contributed by atoms with van der Waals surface area (Å²) in [5.74, 6) is 5.98.